The first-order valence-corrected chi connectivity index (χ1v) is 6.52. The van der Waals surface area contributed by atoms with Gasteiger partial charge in [-0.3, -0.25) is 4.79 Å². The smallest absolute Gasteiger partial charge is 0.307 e. The molecule has 1 aromatic rings. The summed E-state index contributed by atoms with van der Waals surface area (Å²) in [4.78, 5) is 10.7. The van der Waals surface area contributed by atoms with Gasteiger partial charge in [-0.15, -0.1) is 0 Å². The van der Waals surface area contributed by atoms with Crippen LogP contribution in [0.25, 0.3) is 0 Å². The van der Waals surface area contributed by atoms with E-state index in [1.54, 1.807) is 0 Å². The number of carboxylic acids is 1. The van der Waals surface area contributed by atoms with E-state index in [1.807, 2.05) is 18.2 Å². The van der Waals surface area contributed by atoms with Gasteiger partial charge in [0.05, 0.1) is 13.0 Å². The molecule has 0 fully saturated rings. The van der Waals surface area contributed by atoms with Crippen LogP contribution < -0.4 is 4.74 Å². The van der Waals surface area contributed by atoms with E-state index < -0.39 is 5.97 Å². The number of ether oxygens (including phenoxy) is 1. The molecule has 1 rings (SSSR count). The maximum absolute atomic E-state index is 10.7. The summed E-state index contributed by atoms with van der Waals surface area (Å²) in [5, 5.41) is 8.81. The van der Waals surface area contributed by atoms with Gasteiger partial charge >= 0.3 is 5.97 Å². The third-order valence-electron chi connectivity index (χ3n) is 2.81. The molecule has 0 spiro atoms. The molecule has 0 bridgehead atoms. The van der Waals surface area contributed by atoms with Crippen LogP contribution in [0.15, 0.2) is 18.2 Å². The average molecular weight is 250 g/mol. The van der Waals surface area contributed by atoms with E-state index in [0.29, 0.717) is 12.5 Å². The molecule has 3 heteroatoms. The van der Waals surface area contributed by atoms with Crippen molar-refractivity contribution in [2.75, 3.05) is 6.61 Å². The second-order valence-corrected chi connectivity index (χ2v) is 4.80. The third-order valence-corrected chi connectivity index (χ3v) is 2.81. The first-order valence-electron chi connectivity index (χ1n) is 6.52. The van der Waals surface area contributed by atoms with Crippen molar-refractivity contribution in [3.63, 3.8) is 0 Å². The summed E-state index contributed by atoms with van der Waals surface area (Å²) in [5.41, 5.74) is 1.92. The quantitative estimate of drug-likeness (QED) is 0.752. The van der Waals surface area contributed by atoms with E-state index in [9.17, 15) is 4.79 Å². The van der Waals surface area contributed by atoms with E-state index >= 15 is 0 Å². The van der Waals surface area contributed by atoms with E-state index in [1.165, 1.54) is 0 Å². The third kappa shape index (κ3) is 4.40. The molecule has 1 aromatic carbocycles. The number of unbranched alkanes of at least 4 members (excludes halogenated alkanes) is 1. The highest BCUT2D eigenvalue weighted by atomic mass is 16.5. The molecule has 0 radical (unpaired) electrons. The first-order chi connectivity index (χ1) is 8.54. The fourth-order valence-electron chi connectivity index (χ4n) is 1.79. The number of carboxylic acid groups (broad SMARTS) is 1. The standard InChI is InChI=1S/C15H22O3/c1-4-5-8-18-14-7-6-12(10-15(16)17)9-13(14)11(2)3/h6-7,9,11H,4-5,8,10H2,1-3H3,(H,16,17). The van der Waals surface area contributed by atoms with Gasteiger partial charge in [-0.2, -0.15) is 0 Å². The molecule has 0 aromatic heterocycles. The molecule has 1 N–H and O–H groups in total. The molecule has 0 aliphatic heterocycles. The van der Waals surface area contributed by atoms with Crippen molar-refractivity contribution in [3.05, 3.63) is 29.3 Å². The van der Waals surface area contributed by atoms with Crippen molar-refractivity contribution in [2.45, 2.75) is 46.0 Å². The van der Waals surface area contributed by atoms with E-state index in [0.717, 1.165) is 29.7 Å². The molecule has 0 saturated carbocycles. The number of aliphatic carboxylic acids is 1. The highest BCUT2D eigenvalue weighted by Gasteiger charge is 2.10. The molecule has 100 valence electrons. The van der Waals surface area contributed by atoms with Crippen LogP contribution >= 0.6 is 0 Å². The minimum absolute atomic E-state index is 0.0644. The Morgan fingerprint density at radius 3 is 2.67 bits per heavy atom. The fraction of sp³-hybridized carbons (Fsp3) is 0.533. The predicted octanol–water partition coefficient (Wildman–Crippen LogP) is 3.62. The van der Waals surface area contributed by atoms with Crippen LogP contribution in [0.4, 0.5) is 0 Å². The Labute approximate surface area is 109 Å². The second-order valence-electron chi connectivity index (χ2n) is 4.80. The van der Waals surface area contributed by atoms with Crippen LogP contribution in [0, 0.1) is 0 Å². The normalized spacial score (nSPS) is 10.7. The lowest BCUT2D eigenvalue weighted by Crippen LogP contribution is -2.04. The van der Waals surface area contributed by atoms with Gasteiger partial charge in [0, 0.05) is 0 Å². The second kappa shape index (κ2) is 7.04. The summed E-state index contributed by atoms with van der Waals surface area (Å²) in [5.74, 6) is 0.410. The number of rotatable bonds is 7. The van der Waals surface area contributed by atoms with Crippen LogP contribution in [0.5, 0.6) is 5.75 Å². The summed E-state index contributed by atoms with van der Waals surface area (Å²) in [6.07, 6.45) is 2.21. The molecule has 0 aliphatic rings. The van der Waals surface area contributed by atoms with E-state index in [2.05, 4.69) is 20.8 Å². The topological polar surface area (TPSA) is 46.5 Å². The molecule has 0 aliphatic carbocycles. The lowest BCUT2D eigenvalue weighted by atomic mass is 9.98. The highest BCUT2D eigenvalue weighted by molar-refractivity contribution is 5.70. The fourth-order valence-corrected chi connectivity index (χ4v) is 1.79. The van der Waals surface area contributed by atoms with Gasteiger partial charge in [-0.1, -0.05) is 39.3 Å². The van der Waals surface area contributed by atoms with Crippen molar-refractivity contribution < 1.29 is 14.6 Å². The lowest BCUT2D eigenvalue weighted by molar-refractivity contribution is -0.136. The highest BCUT2D eigenvalue weighted by Crippen LogP contribution is 2.28. The van der Waals surface area contributed by atoms with E-state index in [-0.39, 0.29) is 6.42 Å². The molecule has 3 nitrogen and oxygen atoms in total. The Balaban J connectivity index is 2.86. The summed E-state index contributed by atoms with van der Waals surface area (Å²) < 4.78 is 5.75. The zero-order valence-corrected chi connectivity index (χ0v) is 11.4. The molecule has 0 heterocycles. The largest absolute Gasteiger partial charge is 0.493 e. The van der Waals surface area contributed by atoms with Crippen LogP contribution in [0.2, 0.25) is 0 Å². The van der Waals surface area contributed by atoms with Gasteiger partial charge in [-0.05, 0) is 29.5 Å². The summed E-state index contributed by atoms with van der Waals surface area (Å²) in [7, 11) is 0. The predicted molar refractivity (Wildman–Crippen MR) is 72.3 cm³/mol. The van der Waals surface area contributed by atoms with Crippen LogP contribution in [-0.2, 0) is 11.2 Å². The van der Waals surface area contributed by atoms with Crippen molar-refractivity contribution in [2.24, 2.45) is 0 Å². The lowest BCUT2D eigenvalue weighted by Gasteiger charge is -2.15. The monoisotopic (exact) mass is 250 g/mol. The molecule has 0 atom stereocenters. The van der Waals surface area contributed by atoms with Crippen LogP contribution in [-0.4, -0.2) is 17.7 Å². The van der Waals surface area contributed by atoms with Crippen LogP contribution in [0.3, 0.4) is 0 Å². The molecule has 0 unspecified atom stereocenters. The number of hydrogen-bond acceptors (Lipinski definition) is 2. The Morgan fingerprint density at radius 2 is 2.11 bits per heavy atom. The Morgan fingerprint density at radius 1 is 1.39 bits per heavy atom. The molecule has 0 saturated heterocycles. The first kappa shape index (κ1) is 14.6. The Bertz CT molecular complexity index is 397. The zero-order chi connectivity index (χ0) is 13.5. The van der Waals surface area contributed by atoms with Crippen molar-refractivity contribution >= 4 is 5.97 Å². The Kier molecular flexibility index (Phi) is 5.69. The van der Waals surface area contributed by atoms with Crippen molar-refractivity contribution in [3.8, 4) is 5.75 Å². The van der Waals surface area contributed by atoms with Crippen LogP contribution in [0.1, 0.15) is 50.7 Å². The Hall–Kier alpha value is -1.51. The SMILES string of the molecule is CCCCOc1ccc(CC(=O)O)cc1C(C)C. The van der Waals surface area contributed by atoms with Gasteiger partial charge in [0.1, 0.15) is 5.75 Å². The summed E-state index contributed by atoms with van der Waals surface area (Å²) in [6, 6.07) is 5.67. The van der Waals surface area contributed by atoms with Gasteiger partial charge in [0.2, 0.25) is 0 Å². The van der Waals surface area contributed by atoms with Crippen molar-refractivity contribution in [1.29, 1.82) is 0 Å². The maximum atomic E-state index is 10.7. The molecule has 0 amide bonds. The summed E-state index contributed by atoms with van der Waals surface area (Å²) in [6.45, 7) is 7.02. The van der Waals surface area contributed by atoms with E-state index in [4.69, 9.17) is 9.84 Å². The van der Waals surface area contributed by atoms with Gasteiger partial charge < -0.3 is 9.84 Å². The maximum Gasteiger partial charge on any atom is 0.307 e. The zero-order valence-electron chi connectivity index (χ0n) is 11.4. The summed E-state index contributed by atoms with van der Waals surface area (Å²) >= 11 is 0. The van der Waals surface area contributed by atoms with Gasteiger partial charge in [0.15, 0.2) is 0 Å². The van der Waals surface area contributed by atoms with Gasteiger partial charge in [0.25, 0.3) is 0 Å². The van der Waals surface area contributed by atoms with Gasteiger partial charge in [-0.25, -0.2) is 0 Å². The molecular weight excluding hydrogens is 228 g/mol. The number of carbonyl (C=O) groups is 1. The van der Waals surface area contributed by atoms with Crippen molar-refractivity contribution in [1.82, 2.24) is 0 Å². The minimum atomic E-state index is -0.802. The minimum Gasteiger partial charge on any atom is -0.493 e. The molecular formula is C15H22O3. The number of hydrogen-bond donors (Lipinski definition) is 1. The molecule has 18 heavy (non-hydrogen) atoms. The number of benzene rings is 1. The average Bonchev–Trinajstić information content (AvgIpc) is 2.30.